The second kappa shape index (κ2) is 5.25. The average Bonchev–Trinajstić information content (AvgIpc) is 2.84. The van der Waals surface area contributed by atoms with Crippen molar-refractivity contribution in [2.45, 2.75) is 18.4 Å². The molecule has 9 nitrogen and oxygen atoms in total. The number of aryl methyl sites for hydroxylation is 1. The monoisotopic (exact) mass is 297 g/mol. The van der Waals surface area contributed by atoms with Gasteiger partial charge >= 0.3 is 5.97 Å². The minimum absolute atomic E-state index is 0.111. The predicted octanol–water partition coefficient (Wildman–Crippen LogP) is 0.192. The first kappa shape index (κ1) is 13.9. The maximum atomic E-state index is 12.1. The lowest BCUT2D eigenvalue weighted by Gasteiger charge is -2.03. The van der Waals surface area contributed by atoms with Crippen LogP contribution in [0, 0.1) is 0 Å². The molecule has 0 amide bonds. The molecule has 0 fully saturated rings. The summed E-state index contributed by atoms with van der Waals surface area (Å²) < 4.78 is 27.6. The first-order valence-electron chi connectivity index (χ1n) is 5.54. The molecule has 10 heteroatoms. The fourth-order valence-corrected chi connectivity index (χ4v) is 2.53. The highest BCUT2D eigenvalue weighted by molar-refractivity contribution is 7.92. The van der Waals surface area contributed by atoms with E-state index in [0.29, 0.717) is 6.54 Å². The number of aromatic nitrogens is 4. The quantitative estimate of drug-likeness (QED) is 0.806. The molecule has 0 unspecified atom stereocenters. The van der Waals surface area contributed by atoms with Gasteiger partial charge in [-0.25, -0.2) is 22.9 Å². The Balaban J connectivity index is 2.37. The molecule has 0 radical (unpaired) electrons. The summed E-state index contributed by atoms with van der Waals surface area (Å²) in [4.78, 5) is 14.5. The molecule has 106 valence electrons. The fourth-order valence-electron chi connectivity index (χ4n) is 1.54. The van der Waals surface area contributed by atoms with Crippen LogP contribution in [0.2, 0.25) is 0 Å². The molecule has 0 saturated heterocycles. The van der Waals surface area contributed by atoms with E-state index in [0.717, 1.165) is 6.07 Å². The molecular weight excluding hydrogens is 286 g/mol. The number of anilines is 1. The zero-order valence-corrected chi connectivity index (χ0v) is 11.2. The fraction of sp³-hybridized carbons (Fsp3) is 0.200. The van der Waals surface area contributed by atoms with Gasteiger partial charge in [0.25, 0.3) is 16.0 Å². The third-order valence-corrected chi connectivity index (χ3v) is 3.75. The number of carbonyl (C=O) groups is 1. The topological polar surface area (TPSA) is 127 Å². The lowest BCUT2D eigenvalue weighted by molar-refractivity contribution is 0.0685. The summed E-state index contributed by atoms with van der Waals surface area (Å²) in [6.45, 7) is 2.04. The van der Waals surface area contributed by atoms with E-state index in [4.69, 9.17) is 5.11 Å². The number of carboxylic acids is 1. The first-order chi connectivity index (χ1) is 9.44. The van der Waals surface area contributed by atoms with Crippen LogP contribution in [0.4, 0.5) is 5.95 Å². The van der Waals surface area contributed by atoms with Crippen LogP contribution in [-0.2, 0) is 16.6 Å². The lowest BCUT2D eigenvalue weighted by Crippen LogP contribution is -2.14. The Morgan fingerprint density at radius 2 is 2.20 bits per heavy atom. The van der Waals surface area contributed by atoms with Crippen molar-refractivity contribution in [1.29, 1.82) is 0 Å². The van der Waals surface area contributed by atoms with Crippen LogP contribution in [0.3, 0.4) is 0 Å². The van der Waals surface area contributed by atoms with Gasteiger partial charge in [0.2, 0.25) is 0 Å². The number of carboxylic acid groups (broad SMARTS) is 1. The number of sulfonamides is 1. The van der Waals surface area contributed by atoms with Crippen LogP contribution in [0.1, 0.15) is 17.4 Å². The molecule has 0 aromatic carbocycles. The SMILES string of the molecule is CCn1cc(S(=O)(=O)Nc2nccnn2)cc1C(=O)O. The van der Waals surface area contributed by atoms with Gasteiger partial charge in [-0.3, -0.25) is 0 Å². The van der Waals surface area contributed by atoms with E-state index in [-0.39, 0.29) is 16.5 Å². The second-order valence-electron chi connectivity index (χ2n) is 3.72. The third kappa shape index (κ3) is 2.74. The molecule has 2 aromatic rings. The predicted molar refractivity (Wildman–Crippen MR) is 67.7 cm³/mol. The van der Waals surface area contributed by atoms with E-state index < -0.39 is 16.0 Å². The second-order valence-corrected chi connectivity index (χ2v) is 5.41. The molecule has 2 N–H and O–H groups in total. The van der Waals surface area contributed by atoms with E-state index in [1.807, 2.05) is 0 Å². The van der Waals surface area contributed by atoms with Gasteiger partial charge in [-0.15, -0.1) is 5.10 Å². The minimum atomic E-state index is -3.96. The molecule has 2 heterocycles. The minimum Gasteiger partial charge on any atom is -0.477 e. The Hall–Kier alpha value is -2.49. The van der Waals surface area contributed by atoms with Gasteiger partial charge < -0.3 is 9.67 Å². The van der Waals surface area contributed by atoms with E-state index in [2.05, 4.69) is 19.9 Å². The van der Waals surface area contributed by atoms with E-state index in [1.165, 1.54) is 23.2 Å². The highest BCUT2D eigenvalue weighted by Gasteiger charge is 2.21. The largest absolute Gasteiger partial charge is 0.477 e. The molecule has 0 atom stereocenters. The molecule has 0 bridgehead atoms. The number of nitrogens with one attached hydrogen (secondary N) is 1. The summed E-state index contributed by atoms with van der Waals surface area (Å²) >= 11 is 0. The molecule has 0 saturated carbocycles. The molecule has 0 aliphatic carbocycles. The molecule has 0 aliphatic heterocycles. The molecule has 2 aromatic heterocycles. The summed E-state index contributed by atoms with van der Waals surface area (Å²) in [6, 6.07) is 1.07. The van der Waals surface area contributed by atoms with Crippen LogP contribution in [0.25, 0.3) is 0 Å². The number of nitrogens with zero attached hydrogens (tertiary/aromatic N) is 4. The van der Waals surface area contributed by atoms with Crippen LogP contribution < -0.4 is 4.72 Å². The van der Waals surface area contributed by atoms with Crippen molar-refractivity contribution in [3.8, 4) is 0 Å². The van der Waals surface area contributed by atoms with E-state index in [1.54, 1.807) is 6.92 Å². The van der Waals surface area contributed by atoms with Crippen molar-refractivity contribution in [1.82, 2.24) is 19.7 Å². The van der Waals surface area contributed by atoms with Crippen molar-refractivity contribution >= 4 is 21.9 Å². The van der Waals surface area contributed by atoms with Gasteiger partial charge in [0, 0.05) is 12.7 Å². The smallest absolute Gasteiger partial charge is 0.352 e. The van der Waals surface area contributed by atoms with Crippen molar-refractivity contribution in [2.24, 2.45) is 0 Å². The van der Waals surface area contributed by atoms with Gasteiger partial charge in [-0.05, 0) is 13.0 Å². The standard InChI is InChI=1S/C10H11N5O4S/c1-2-15-6-7(5-8(15)9(16)17)20(18,19)14-10-11-3-4-12-13-10/h3-6H,2H2,1H3,(H,16,17)(H,11,13,14). The molecule has 20 heavy (non-hydrogen) atoms. The van der Waals surface area contributed by atoms with E-state index in [9.17, 15) is 13.2 Å². The Bertz CT molecular complexity index is 725. The summed E-state index contributed by atoms with van der Waals surface area (Å²) in [6.07, 6.45) is 3.82. The Morgan fingerprint density at radius 1 is 1.45 bits per heavy atom. The molecular formula is C10H11N5O4S. The van der Waals surface area contributed by atoms with Crippen molar-refractivity contribution in [2.75, 3.05) is 4.72 Å². The third-order valence-electron chi connectivity index (χ3n) is 2.45. The maximum absolute atomic E-state index is 12.1. The Morgan fingerprint density at radius 3 is 2.70 bits per heavy atom. The van der Waals surface area contributed by atoms with Gasteiger partial charge in [0.05, 0.1) is 12.4 Å². The number of rotatable bonds is 5. The van der Waals surface area contributed by atoms with Gasteiger partial charge in [0.1, 0.15) is 10.6 Å². The first-order valence-corrected chi connectivity index (χ1v) is 7.02. The summed E-state index contributed by atoms with van der Waals surface area (Å²) in [5.74, 6) is -1.39. The van der Waals surface area contributed by atoms with Gasteiger partial charge in [0.15, 0.2) is 0 Å². The van der Waals surface area contributed by atoms with Crippen LogP contribution in [0.15, 0.2) is 29.6 Å². The number of hydrogen-bond acceptors (Lipinski definition) is 6. The summed E-state index contributed by atoms with van der Waals surface area (Å²) in [5, 5.41) is 16.0. The number of hydrogen-bond donors (Lipinski definition) is 2. The molecule has 2 rings (SSSR count). The number of aromatic carboxylic acids is 1. The van der Waals surface area contributed by atoms with Crippen molar-refractivity contribution in [3.05, 3.63) is 30.4 Å². The zero-order valence-electron chi connectivity index (χ0n) is 10.4. The highest BCUT2D eigenvalue weighted by Crippen LogP contribution is 2.16. The average molecular weight is 297 g/mol. The summed E-state index contributed by atoms with van der Waals surface area (Å²) in [7, 11) is -3.96. The van der Waals surface area contributed by atoms with Crippen molar-refractivity contribution < 1.29 is 18.3 Å². The molecule has 0 spiro atoms. The highest BCUT2D eigenvalue weighted by atomic mass is 32.2. The maximum Gasteiger partial charge on any atom is 0.352 e. The van der Waals surface area contributed by atoms with Crippen LogP contribution in [0.5, 0.6) is 0 Å². The van der Waals surface area contributed by atoms with Gasteiger partial charge in [-0.1, -0.05) is 0 Å². The van der Waals surface area contributed by atoms with E-state index >= 15 is 0 Å². The van der Waals surface area contributed by atoms with Crippen molar-refractivity contribution in [3.63, 3.8) is 0 Å². The molecule has 0 aliphatic rings. The zero-order chi connectivity index (χ0) is 14.8. The normalized spacial score (nSPS) is 11.2. The van der Waals surface area contributed by atoms with Crippen LogP contribution in [-0.4, -0.2) is 39.2 Å². The summed E-state index contributed by atoms with van der Waals surface area (Å²) in [5.41, 5.74) is -0.111. The van der Waals surface area contributed by atoms with Crippen LogP contribution >= 0.6 is 0 Å². The van der Waals surface area contributed by atoms with Gasteiger partial charge in [-0.2, -0.15) is 5.10 Å². The lowest BCUT2D eigenvalue weighted by atomic mass is 10.4. The Labute approximate surface area is 114 Å². The Kier molecular flexibility index (Phi) is 3.66.